The molecule has 3 aromatic rings. The van der Waals surface area contributed by atoms with Gasteiger partial charge >= 0.3 is 0 Å². The summed E-state index contributed by atoms with van der Waals surface area (Å²) in [7, 11) is 1.48. The maximum Gasteiger partial charge on any atom is 0.239 e. The number of nitrogens with zero attached hydrogens (tertiary/aromatic N) is 2. The number of rotatable bonds is 6. The number of aromatic nitrogens is 1. The molecule has 1 aromatic carbocycles. The van der Waals surface area contributed by atoms with E-state index < -0.39 is 11.9 Å². The maximum absolute atomic E-state index is 14.2. The molecule has 5 rings (SSSR count). The van der Waals surface area contributed by atoms with Crippen LogP contribution in [0.5, 0.6) is 11.5 Å². The Morgan fingerprint density at radius 1 is 1.42 bits per heavy atom. The highest BCUT2D eigenvalue weighted by atomic mass is 35.5. The fourth-order valence-electron chi connectivity index (χ4n) is 4.91. The van der Waals surface area contributed by atoms with Crippen LogP contribution in [0, 0.1) is 5.82 Å². The highest BCUT2D eigenvalue weighted by Gasteiger charge is 2.29. The van der Waals surface area contributed by atoms with Gasteiger partial charge in [0.2, 0.25) is 11.7 Å². The Morgan fingerprint density at radius 2 is 2.25 bits per heavy atom. The standard InChI is InChI=1S/C26H28ClFN4O4/c1-14(21-20(34-2)6-5-18(28)22(21)27)36-24-23-16(12-31-25(24)29)17(13-35-23)15-7-10-32(11-8-15)26(33)19-4-3-9-30-19/h5-7,12-14,19,30H,3-4,8-11H2,1-2H3,(H2,29,31)/t14-,19+/m1/s1. The minimum atomic E-state index is -0.705. The summed E-state index contributed by atoms with van der Waals surface area (Å²) in [6.07, 6.45) is 7.27. The molecule has 1 amide bonds. The number of nitrogen functional groups attached to an aromatic ring is 1. The lowest BCUT2D eigenvalue weighted by Crippen LogP contribution is -2.45. The highest BCUT2D eigenvalue weighted by Crippen LogP contribution is 2.42. The molecule has 0 unspecified atom stereocenters. The number of halogens is 2. The summed E-state index contributed by atoms with van der Waals surface area (Å²) in [4.78, 5) is 18.9. The molecule has 2 atom stereocenters. The second-order valence-corrected chi connectivity index (χ2v) is 9.39. The molecule has 1 fully saturated rings. The van der Waals surface area contributed by atoms with Crippen LogP contribution in [0.1, 0.15) is 43.4 Å². The molecule has 2 aromatic heterocycles. The normalized spacial score (nSPS) is 18.8. The molecule has 8 nitrogen and oxygen atoms in total. The zero-order valence-electron chi connectivity index (χ0n) is 20.1. The van der Waals surface area contributed by atoms with Crippen LogP contribution in [0.25, 0.3) is 16.5 Å². The van der Waals surface area contributed by atoms with Crippen LogP contribution in [-0.4, -0.2) is 48.6 Å². The van der Waals surface area contributed by atoms with Gasteiger partial charge in [-0.2, -0.15) is 0 Å². The summed E-state index contributed by atoms with van der Waals surface area (Å²) in [6, 6.07) is 2.66. The molecular weight excluding hydrogens is 487 g/mol. The van der Waals surface area contributed by atoms with Gasteiger partial charge in [0.25, 0.3) is 0 Å². The van der Waals surface area contributed by atoms with Gasteiger partial charge in [0, 0.05) is 24.8 Å². The number of hydrogen-bond donors (Lipinski definition) is 2. The van der Waals surface area contributed by atoms with E-state index in [9.17, 15) is 9.18 Å². The van der Waals surface area contributed by atoms with E-state index >= 15 is 0 Å². The number of nitrogens with one attached hydrogen (secondary N) is 1. The fourth-order valence-corrected chi connectivity index (χ4v) is 5.22. The number of benzene rings is 1. The number of pyridine rings is 1. The van der Waals surface area contributed by atoms with E-state index in [1.54, 1.807) is 19.4 Å². The van der Waals surface area contributed by atoms with Gasteiger partial charge in [-0.3, -0.25) is 4.79 Å². The molecule has 3 N–H and O–H groups in total. The average Bonchev–Trinajstić information content (AvgIpc) is 3.57. The predicted molar refractivity (Wildman–Crippen MR) is 136 cm³/mol. The van der Waals surface area contributed by atoms with Crippen molar-refractivity contribution >= 4 is 39.9 Å². The number of anilines is 1. The molecule has 2 aliphatic rings. The number of nitrogens with two attached hydrogens (primary N) is 1. The summed E-state index contributed by atoms with van der Waals surface area (Å²) >= 11 is 6.23. The van der Waals surface area contributed by atoms with Crippen molar-refractivity contribution in [3.05, 3.63) is 52.6 Å². The molecule has 4 heterocycles. The number of ether oxygens (including phenoxy) is 2. The van der Waals surface area contributed by atoms with Crippen molar-refractivity contribution in [1.29, 1.82) is 0 Å². The molecule has 1 saturated heterocycles. The second-order valence-electron chi connectivity index (χ2n) is 9.01. The predicted octanol–water partition coefficient (Wildman–Crippen LogP) is 4.72. The van der Waals surface area contributed by atoms with Crippen LogP contribution in [0.15, 0.2) is 35.1 Å². The lowest BCUT2D eigenvalue weighted by atomic mass is 9.99. The van der Waals surface area contributed by atoms with Crippen LogP contribution in [0.4, 0.5) is 10.2 Å². The molecule has 0 saturated carbocycles. The van der Waals surface area contributed by atoms with Crippen molar-refractivity contribution in [2.75, 3.05) is 32.5 Å². The van der Waals surface area contributed by atoms with Crippen LogP contribution in [0.2, 0.25) is 5.02 Å². The SMILES string of the molecule is COc1ccc(F)c(Cl)c1[C@@H](C)Oc1c(N)ncc2c(C3=CCN(C(=O)[C@@H]4CCCN4)CC3)coc12. The molecule has 0 spiro atoms. The van der Waals surface area contributed by atoms with Gasteiger partial charge in [0.1, 0.15) is 17.7 Å². The molecule has 0 aliphatic carbocycles. The Hall–Kier alpha value is -3.30. The zero-order valence-corrected chi connectivity index (χ0v) is 20.9. The lowest BCUT2D eigenvalue weighted by molar-refractivity contribution is -0.132. The summed E-state index contributed by atoms with van der Waals surface area (Å²) in [5.74, 6) is 0.361. The summed E-state index contributed by atoms with van der Waals surface area (Å²) < 4.78 is 31.6. The number of furan rings is 1. The van der Waals surface area contributed by atoms with Crippen molar-refractivity contribution in [3.8, 4) is 11.5 Å². The van der Waals surface area contributed by atoms with Crippen LogP contribution in [-0.2, 0) is 4.79 Å². The number of methoxy groups -OCH3 is 1. The largest absolute Gasteiger partial charge is 0.496 e. The van der Waals surface area contributed by atoms with Crippen LogP contribution >= 0.6 is 11.6 Å². The molecule has 10 heteroatoms. The summed E-state index contributed by atoms with van der Waals surface area (Å²) in [6.45, 7) is 3.79. The van der Waals surface area contributed by atoms with E-state index in [1.165, 1.54) is 19.2 Å². The Balaban J connectivity index is 1.41. The second kappa shape index (κ2) is 9.99. The van der Waals surface area contributed by atoms with Crippen molar-refractivity contribution in [2.45, 2.75) is 38.3 Å². The van der Waals surface area contributed by atoms with Gasteiger partial charge in [-0.1, -0.05) is 17.7 Å². The first-order valence-corrected chi connectivity index (χ1v) is 12.3. The van der Waals surface area contributed by atoms with Gasteiger partial charge in [-0.15, -0.1) is 0 Å². The number of carbonyl (C=O) groups excluding carboxylic acids is 1. The molecular formula is C26H28ClFN4O4. The van der Waals surface area contributed by atoms with Gasteiger partial charge < -0.3 is 29.8 Å². The molecule has 2 aliphatic heterocycles. The van der Waals surface area contributed by atoms with Crippen molar-refractivity contribution in [2.24, 2.45) is 0 Å². The van der Waals surface area contributed by atoms with E-state index in [4.69, 9.17) is 31.2 Å². The first-order chi connectivity index (χ1) is 17.4. The van der Waals surface area contributed by atoms with E-state index in [1.807, 2.05) is 4.90 Å². The number of carbonyl (C=O) groups is 1. The number of fused-ring (bicyclic) bond motifs is 1. The summed E-state index contributed by atoms with van der Waals surface area (Å²) in [5, 5.41) is 3.93. The Morgan fingerprint density at radius 3 is 2.94 bits per heavy atom. The molecule has 0 bridgehead atoms. The Kier molecular flexibility index (Phi) is 6.77. The van der Waals surface area contributed by atoms with Gasteiger partial charge in [-0.25, -0.2) is 9.37 Å². The van der Waals surface area contributed by atoms with Crippen molar-refractivity contribution in [1.82, 2.24) is 15.2 Å². The van der Waals surface area contributed by atoms with E-state index in [0.29, 0.717) is 36.4 Å². The minimum Gasteiger partial charge on any atom is -0.496 e. The van der Waals surface area contributed by atoms with Crippen molar-refractivity contribution < 1.29 is 23.1 Å². The monoisotopic (exact) mass is 514 g/mol. The summed E-state index contributed by atoms with van der Waals surface area (Å²) in [5.41, 5.74) is 8.89. The Labute approximate surface area is 213 Å². The van der Waals surface area contributed by atoms with E-state index in [-0.39, 0.29) is 28.5 Å². The molecule has 190 valence electrons. The maximum atomic E-state index is 14.2. The highest BCUT2D eigenvalue weighted by molar-refractivity contribution is 6.31. The van der Waals surface area contributed by atoms with Gasteiger partial charge in [-0.05, 0) is 50.4 Å². The first kappa shape index (κ1) is 24.4. The van der Waals surface area contributed by atoms with Gasteiger partial charge in [0.05, 0.1) is 35.4 Å². The smallest absolute Gasteiger partial charge is 0.239 e. The Bertz CT molecular complexity index is 1340. The first-order valence-electron chi connectivity index (χ1n) is 11.9. The van der Waals surface area contributed by atoms with Gasteiger partial charge in [0.15, 0.2) is 11.4 Å². The zero-order chi connectivity index (χ0) is 25.4. The van der Waals surface area contributed by atoms with Crippen molar-refractivity contribution in [3.63, 3.8) is 0 Å². The minimum absolute atomic E-state index is 0.0752. The average molecular weight is 515 g/mol. The lowest BCUT2D eigenvalue weighted by Gasteiger charge is -2.28. The quantitative estimate of drug-likeness (QED) is 0.490. The third-order valence-corrected chi connectivity index (χ3v) is 7.22. The third-order valence-electron chi connectivity index (χ3n) is 6.84. The number of amides is 1. The fraction of sp³-hybridized carbons (Fsp3) is 0.385. The van der Waals surface area contributed by atoms with Crippen LogP contribution < -0.4 is 20.5 Å². The van der Waals surface area contributed by atoms with E-state index in [2.05, 4.69) is 16.4 Å². The third kappa shape index (κ3) is 4.37. The van der Waals surface area contributed by atoms with Crippen LogP contribution in [0.3, 0.4) is 0 Å². The topological polar surface area (TPSA) is 103 Å². The number of hydrogen-bond acceptors (Lipinski definition) is 7. The molecule has 36 heavy (non-hydrogen) atoms. The van der Waals surface area contributed by atoms with E-state index in [0.717, 1.165) is 35.9 Å². The molecule has 0 radical (unpaired) electrons.